The Kier molecular flexibility index (Phi) is 5.63. The lowest BCUT2D eigenvalue weighted by atomic mass is 9.97. The summed E-state index contributed by atoms with van der Waals surface area (Å²) in [5.74, 6) is 1.24. The summed E-state index contributed by atoms with van der Waals surface area (Å²) >= 11 is 1.65. The van der Waals surface area contributed by atoms with Gasteiger partial charge < -0.3 is 24.7 Å². The van der Waals surface area contributed by atoms with Crippen LogP contribution >= 0.6 is 11.3 Å². The maximum Gasteiger partial charge on any atom is 0.342 e. The average Bonchev–Trinajstić information content (AvgIpc) is 3.15. The number of nitrogens with two attached hydrogens (primary N) is 1. The SMILES string of the molecule is COc1ccc(C(=O)OCc2nc(N)c3c4c(sc3n2)CCCC4)c(OC)c1OC. The third-order valence-corrected chi connectivity index (χ3v) is 6.33. The highest BCUT2D eigenvalue weighted by Crippen LogP contribution is 2.40. The van der Waals surface area contributed by atoms with Gasteiger partial charge in [-0.3, -0.25) is 0 Å². The number of esters is 1. The Morgan fingerprint density at radius 1 is 1.07 bits per heavy atom. The van der Waals surface area contributed by atoms with Crippen molar-refractivity contribution in [3.05, 3.63) is 34.0 Å². The van der Waals surface area contributed by atoms with Crippen LogP contribution < -0.4 is 19.9 Å². The molecule has 158 valence electrons. The summed E-state index contributed by atoms with van der Waals surface area (Å²) in [6, 6.07) is 3.18. The molecule has 1 aliphatic rings. The summed E-state index contributed by atoms with van der Waals surface area (Å²) in [7, 11) is 4.43. The second-order valence-electron chi connectivity index (χ2n) is 6.87. The molecule has 2 N–H and O–H groups in total. The highest BCUT2D eigenvalue weighted by atomic mass is 32.1. The average molecular weight is 429 g/mol. The number of methoxy groups -OCH3 is 3. The number of anilines is 1. The molecule has 0 radical (unpaired) electrons. The number of aryl methyl sites for hydroxylation is 2. The number of carbonyl (C=O) groups excluding carboxylic acids is 1. The monoisotopic (exact) mass is 429 g/mol. The van der Waals surface area contributed by atoms with Gasteiger partial charge in [0.15, 0.2) is 23.9 Å². The van der Waals surface area contributed by atoms with Gasteiger partial charge in [0.2, 0.25) is 5.75 Å². The highest BCUT2D eigenvalue weighted by Gasteiger charge is 2.23. The molecule has 4 rings (SSSR count). The molecule has 9 heteroatoms. The lowest BCUT2D eigenvalue weighted by molar-refractivity contribution is 0.0458. The number of nitrogen functional groups attached to an aromatic ring is 1. The first-order valence-electron chi connectivity index (χ1n) is 9.60. The van der Waals surface area contributed by atoms with E-state index >= 15 is 0 Å². The van der Waals surface area contributed by atoms with Gasteiger partial charge in [0, 0.05) is 4.88 Å². The molecule has 2 aromatic heterocycles. The first kappa shape index (κ1) is 20.2. The van der Waals surface area contributed by atoms with E-state index in [0.29, 0.717) is 23.1 Å². The van der Waals surface area contributed by atoms with E-state index in [0.717, 1.165) is 29.5 Å². The van der Waals surface area contributed by atoms with Crippen LogP contribution in [0.25, 0.3) is 10.2 Å². The van der Waals surface area contributed by atoms with E-state index in [1.54, 1.807) is 23.5 Å². The number of fused-ring (bicyclic) bond motifs is 3. The summed E-state index contributed by atoms with van der Waals surface area (Å²) in [5, 5.41) is 0.950. The molecule has 0 unspecified atom stereocenters. The van der Waals surface area contributed by atoms with Gasteiger partial charge in [0.25, 0.3) is 0 Å². The molecule has 0 aliphatic heterocycles. The number of hydrogen-bond acceptors (Lipinski definition) is 9. The topological polar surface area (TPSA) is 106 Å². The summed E-state index contributed by atoms with van der Waals surface area (Å²) in [4.78, 5) is 23.8. The van der Waals surface area contributed by atoms with Crippen molar-refractivity contribution in [3.63, 3.8) is 0 Å². The molecule has 1 aromatic carbocycles. The minimum atomic E-state index is -0.583. The Hall–Kier alpha value is -3.07. The van der Waals surface area contributed by atoms with Crippen molar-refractivity contribution in [2.45, 2.75) is 32.3 Å². The maximum atomic E-state index is 12.7. The molecule has 0 fully saturated rings. The molecule has 0 spiro atoms. The molecular weight excluding hydrogens is 406 g/mol. The van der Waals surface area contributed by atoms with Gasteiger partial charge in [-0.25, -0.2) is 14.8 Å². The number of thiophene rings is 1. The predicted octanol–water partition coefficient (Wildman–Crippen LogP) is 3.54. The normalized spacial score (nSPS) is 13.0. The van der Waals surface area contributed by atoms with Gasteiger partial charge in [-0.15, -0.1) is 11.3 Å². The minimum Gasteiger partial charge on any atom is -0.493 e. The van der Waals surface area contributed by atoms with E-state index in [1.165, 1.54) is 38.2 Å². The summed E-state index contributed by atoms with van der Waals surface area (Å²) < 4.78 is 21.4. The van der Waals surface area contributed by atoms with E-state index in [4.69, 9.17) is 24.7 Å². The van der Waals surface area contributed by atoms with Crippen LogP contribution in [0.15, 0.2) is 12.1 Å². The van der Waals surface area contributed by atoms with E-state index in [1.807, 2.05) is 0 Å². The fraction of sp³-hybridized carbons (Fsp3) is 0.381. The Balaban J connectivity index is 1.58. The van der Waals surface area contributed by atoms with Gasteiger partial charge in [0.1, 0.15) is 16.2 Å². The van der Waals surface area contributed by atoms with Crippen LogP contribution in [0.3, 0.4) is 0 Å². The maximum absolute atomic E-state index is 12.7. The van der Waals surface area contributed by atoms with Crippen LogP contribution in [0.1, 0.15) is 39.5 Å². The zero-order valence-corrected chi connectivity index (χ0v) is 17.9. The largest absolute Gasteiger partial charge is 0.493 e. The first-order chi connectivity index (χ1) is 14.6. The number of ether oxygens (including phenoxy) is 4. The van der Waals surface area contributed by atoms with Crippen LogP contribution in [0.2, 0.25) is 0 Å². The third-order valence-electron chi connectivity index (χ3n) is 5.15. The molecule has 2 heterocycles. The second-order valence-corrected chi connectivity index (χ2v) is 7.96. The number of hydrogen-bond donors (Lipinski definition) is 1. The van der Waals surface area contributed by atoms with Crippen molar-refractivity contribution in [3.8, 4) is 17.2 Å². The first-order valence-corrected chi connectivity index (χ1v) is 10.4. The number of benzene rings is 1. The number of nitrogens with zero attached hydrogens (tertiary/aromatic N) is 2. The van der Waals surface area contributed by atoms with Crippen molar-refractivity contribution in [1.29, 1.82) is 0 Å². The van der Waals surface area contributed by atoms with Crippen LogP contribution in [-0.2, 0) is 24.2 Å². The van der Waals surface area contributed by atoms with Crippen LogP contribution in [0.5, 0.6) is 17.2 Å². The molecule has 0 atom stereocenters. The lowest BCUT2D eigenvalue weighted by Gasteiger charge is -2.15. The predicted molar refractivity (Wildman–Crippen MR) is 114 cm³/mol. The highest BCUT2D eigenvalue weighted by molar-refractivity contribution is 7.19. The van der Waals surface area contributed by atoms with E-state index in [-0.39, 0.29) is 17.9 Å². The molecule has 0 saturated carbocycles. The Bertz CT molecular complexity index is 1110. The zero-order chi connectivity index (χ0) is 21.3. The van der Waals surface area contributed by atoms with Crippen LogP contribution in [0, 0.1) is 0 Å². The Morgan fingerprint density at radius 2 is 1.83 bits per heavy atom. The van der Waals surface area contributed by atoms with Crippen LogP contribution in [-0.4, -0.2) is 37.3 Å². The zero-order valence-electron chi connectivity index (χ0n) is 17.1. The number of carbonyl (C=O) groups is 1. The smallest absolute Gasteiger partial charge is 0.342 e. The molecule has 0 amide bonds. The lowest BCUT2D eigenvalue weighted by Crippen LogP contribution is -2.11. The molecule has 0 bridgehead atoms. The molecule has 0 saturated heterocycles. The van der Waals surface area contributed by atoms with Crippen molar-refractivity contribution >= 4 is 33.3 Å². The summed E-state index contributed by atoms with van der Waals surface area (Å²) in [6.07, 6.45) is 4.41. The van der Waals surface area contributed by atoms with Crippen molar-refractivity contribution < 1.29 is 23.7 Å². The second kappa shape index (κ2) is 8.35. The standard InChI is InChI=1S/C21H23N3O5S/c1-26-13-9-8-12(17(27-2)18(13)28-3)21(25)29-10-15-23-19(22)16-11-6-4-5-7-14(11)30-20(16)24-15/h8-9H,4-7,10H2,1-3H3,(H2,22,23,24). The van der Waals surface area contributed by atoms with Crippen LogP contribution in [0.4, 0.5) is 5.82 Å². The fourth-order valence-electron chi connectivity index (χ4n) is 3.77. The van der Waals surface area contributed by atoms with Crippen molar-refractivity contribution in [2.24, 2.45) is 0 Å². The van der Waals surface area contributed by atoms with Gasteiger partial charge in [-0.05, 0) is 43.4 Å². The van der Waals surface area contributed by atoms with Crippen molar-refractivity contribution in [2.75, 3.05) is 27.1 Å². The van der Waals surface area contributed by atoms with E-state index < -0.39 is 5.97 Å². The Labute approximate surface area is 177 Å². The van der Waals surface area contributed by atoms with E-state index in [9.17, 15) is 4.79 Å². The number of rotatable bonds is 6. The Morgan fingerprint density at radius 3 is 2.57 bits per heavy atom. The van der Waals surface area contributed by atoms with Gasteiger partial charge in [-0.1, -0.05) is 0 Å². The summed E-state index contributed by atoms with van der Waals surface area (Å²) in [5.41, 5.74) is 7.72. The minimum absolute atomic E-state index is 0.0982. The fourth-order valence-corrected chi connectivity index (χ4v) is 5.05. The molecule has 30 heavy (non-hydrogen) atoms. The van der Waals surface area contributed by atoms with Gasteiger partial charge >= 0.3 is 5.97 Å². The van der Waals surface area contributed by atoms with Gasteiger partial charge in [-0.2, -0.15) is 0 Å². The molecular formula is C21H23N3O5S. The van der Waals surface area contributed by atoms with Crippen molar-refractivity contribution in [1.82, 2.24) is 9.97 Å². The number of aromatic nitrogens is 2. The van der Waals surface area contributed by atoms with Gasteiger partial charge in [0.05, 0.1) is 26.7 Å². The van der Waals surface area contributed by atoms with E-state index in [2.05, 4.69) is 9.97 Å². The molecule has 1 aliphatic carbocycles. The summed E-state index contributed by atoms with van der Waals surface area (Å²) in [6.45, 7) is -0.0982. The quantitative estimate of drug-likeness (QED) is 0.593. The molecule has 8 nitrogen and oxygen atoms in total. The molecule has 3 aromatic rings. The third kappa shape index (κ3) is 3.49.